The first-order chi connectivity index (χ1) is 19.3. The molecule has 0 bridgehead atoms. The lowest BCUT2D eigenvalue weighted by Gasteiger charge is -2.10. The van der Waals surface area contributed by atoms with Gasteiger partial charge in [0.2, 0.25) is 0 Å². The van der Waals surface area contributed by atoms with Crippen molar-refractivity contribution in [3.63, 3.8) is 0 Å². The lowest BCUT2D eigenvalue weighted by Crippen LogP contribution is -2.11. The largest absolute Gasteiger partial charge is 0.466 e. The fourth-order valence-corrected chi connectivity index (χ4v) is 4.02. The van der Waals surface area contributed by atoms with Crippen molar-refractivity contribution in [2.75, 3.05) is 6.61 Å². The molecule has 40 heavy (non-hydrogen) atoms. The second kappa shape index (κ2) is 15.4. The molecule has 7 heteroatoms. The van der Waals surface area contributed by atoms with Crippen molar-refractivity contribution in [1.29, 1.82) is 0 Å². The van der Waals surface area contributed by atoms with Gasteiger partial charge in [0.15, 0.2) is 0 Å². The third kappa shape index (κ3) is 9.49. The van der Waals surface area contributed by atoms with Crippen molar-refractivity contribution in [3.05, 3.63) is 94.5 Å². The van der Waals surface area contributed by atoms with Gasteiger partial charge in [0.05, 0.1) is 17.7 Å². The Morgan fingerprint density at radius 3 is 1.90 bits per heavy atom. The lowest BCUT2D eigenvalue weighted by atomic mass is 10.0. The maximum absolute atomic E-state index is 12.6. The standard InChI is InChI=1S/C33H36O7/c1-4-7-28(34)22-25-12-16-27(17-13-25)33(37)40-30-19-18-29(21-23(30)3)39-32(36)26-14-10-24(11-15-26)9-6-20-38-31(35)8-5-2/h10-19,21H,4-9,20,22H2,1-3H3. The Hall–Kier alpha value is -4.26. The molecule has 7 nitrogen and oxygen atoms in total. The molecule has 3 rings (SSSR count). The van der Waals surface area contributed by atoms with Gasteiger partial charge in [-0.25, -0.2) is 9.59 Å². The molecule has 0 atom stereocenters. The average molecular weight is 545 g/mol. The van der Waals surface area contributed by atoms with Crippen LogP contribution >= 0.6 is 0 Å². The van der Waals surface area contributed by atoms with Crippen LogP contribution in [0.5, 0.6) is 11.5 Å². The van der Waals surface area contributed by atoms with Crippen LogP contribution in [0.15, 0.2) is 66.7 Å². The molecule has 0 radical (unpaired) electrons. The van der Waals surface area contributed by atoms with E-state index in [9.17, 15) is 19.2 Å². The van der Waals surface area contributed by atoms with Crippen LogP contribution in [0.1, 0.15) is 83.4 Å². The topological polar surface area (TPSA) is 96.0 Å². The average Bonchev–Trinajstić information content (AvgIpc) is 2.93. The highest BCUT2D eigenvalue weighted by Gasteiger charge is 2.14. The summed E-state index contributed by atoms with van der Waals surface area (Å²) in [4.78, 5) is 48.5. The Kier molecular flexibility index (Phi) is 11.6. The van der Waals surface area contributed by atoms with Crippen LogP contribution in [-0.2, 0) is 27.2 Å². The van der Waals surface area contributed by atoms with Crippen molar-refractivity contribution in [3.8, 4) is 11.5 Å². The van der Waals surface area contributed by atoms with E-state index in [4.69, 9.17) is 14.2 Å². The zero-order valence-corrected chi connectivity index (χ0v) is 23.4. The highest BCUT2D eigenvalue weighted by Crippen LogP contribution is 2.25. The molecule has 0 fully saturated rings. The molecular weight excluding hydrogens is 508 g/mol. The van der Waals surface area contributed by atoms with Crippen LogP contribution in [0, 0.1) is 6.92 Å². The quantitative estimate of drug-likeness (QED) is 0.128. The van der Waals surface area contributed by atoms with Crippen molar-refractivity contribution in [2.45, 2.75) is 65.7 Å². The number of Topliss-reactive ketones (excluding diaryl/α,β-unsaturated/α-hetero) is 1. The van der Waals surface area contributed by atoms with Gasteiger partial charge in [0.1, 0.15) is 17.3 Å². The van der Waals surface area contributed by atoms with E-state index in [-0.39, 0.29) is 11.8 Å². The fourth-order valence-electron chi connectivity index (χ4n) is 4.02. The smallest absolute Gasteiger partial charge is 0.343 e. The zero-order valence-electron chi connectivity index (χ0n) is 23.4. The van der Waals surface area contributed by atoms with Gasteiger partial charge in [-0.2, -0.15) is 0 Å². The maximum atomic E-state index is 12.6. The summed E-state index contributed by atoms with van der Waals surface area (Å²) in [5.41, 5.74) is 3.31. The van der Waals surface area contributed by atoms with Gasteiger partial charge in [-0.15, -0.1) is 0 Å². The van der Waals surface area contributed by atoms with E-state index in [1.165, 1.54) is 0 Å². The Bertz CT molecular complexity index is 1310. The number of esters is 3. The first-order valence-electron chi connectivity index (χ1n) is 13.7. The molecule has 0 amide bonds. The van der Waals surface area contributed by atoms with Crippen LogP contribution in [0.2, 0.25) is 0 Å². The third-order valence-corrected chi connectivity index (χ3v) is 6.20. The Morgan fingerprint density at radius 1 is 0.700 bits per heavy atom. The monoisotopic (exact) mass is 544 g/mol. The summed E-state index contributed by atoms with van der Waals surface area (Å²) < 4.78 is 16.2. The Balaban J connectivity index is 1.51. The van der Waals surface area contributed by atoms with Crippen LogP contribution in [0.3, 0.4) is 0 Å². The minimum atomic E-state index is -0.515. The molecule has 0 aromatic heterocycles. The molecule has 0 saturated heterocycles. The zero-order chi connectivity index (χ0) is 28.9. The molecule has 210 valence electrons. The molecule has 0 heterocycles. The number of hydrogen-bond acceptors (Lipinski definition) is 7. The van der Waals surface area contributed by atoms with E-state index in [0.717, 1.165) is 30.4 Å². The number of ether oxygens (including phenoxy) is 3. The molecule has 3 aromatic rings. The van der Waals surface area contributed by atoms with Gasteiger partial charge < -0.3 is 14.2 Å². The Labute approximate surface area is 235 Å². The molecule has 0 aliphatic carbocycles. The summed E-state index contributed by atoms with van der Waals surface area (Å²) in [6, 6.07) is 18.7. The summed E-state index contributed by atoms with van der Waals surface area (Å²) in [7, 11) is 0. The van der Waals surface area contributed by atoms with Crippen LogP contribution in [0.25, 0.3) is 0 Å². The van der Waals surface area contributed by atoms with E-state index in [2.05, 4.69) is 0 Å². The number of hydrogen-bond donors (Lipinski definition) is 0. The molecule has 0 N–H and O–H groups in total. The summed E-state index contributed by atoms with van der Waals surface area (Å²) in [6.45, 7) is 6.04. The molecule has 0 aliphatic heterocycles. The molecule has 0 spiro atoms. The van der Waals surface area contributed by atoms with Crippen molar-refractivity contribution >= 4 is 23.7 Å². The maximum Gasteiger partial charge on any atom is 0.343 e. The third-order valence-electron chi connectivity index (χ3n) is 6.20. The molecule has 0 saturated carbocycles. The van der Waals surface area contributed by atoms with Gasteiger partial charge >= 0.3 is 17.9 Å². The van der Waals surface area contributed by atoms with Crippen LogP contribution in [-0.4, -0.2) is 30.3 Å². The number of carbonyl (C=O) groups excluding carboxylic acids is 4. The van der Waals surface area contributed by atoms with Gasteiger partial charge in [-0.05, 0) is 91.8 Å². The minimum absolute atomic E-state index is 0.171. The van der Waals surface area contributed by atoms with E-state index in [1.807, 2.05) is 26.0 Å². The second-order valence-electron chi connectivity index (χ2n) is 9.64. The van der Waals surface area contributed by atoms with E-state index in [0.29, 0.717) is 60.5 Å². The first-order valence-corrected chi connectivity index (χ1v) is 13.7. The van der Waals surface area contributed by atoms with E-state index >= 15 is 0 Å². The molecule has 0 unspecified atom stereocenters. The first kappa shape index (κ1) is 30.3. The molecule has 3 aromatic carbocycles. The van der Waals surface area contributed by atoms with Crippen molar-refractivity contribution in [2.24, 2.45) is 0 Å². The highest BCUT2D eigenvalue weighted by molar-refractivity contribution is 5.92. The molecular formula is C33H36O7. The highest BCUT2D eigenvalue weighted by atomic mass is 16.5. The van der Waals surface area contributed by atoms with Crippen LogP contribution < -0.4 is 9.47 Å². The predicted molar refractivity (Wildman–Crippen MR) is 152 cm³/mol. The van der Waals surface area contributed by atoms with Crippen molar-refractivity contribution in [1.82, 2.24) is 0 Å². The van der Waals surface area contributed by atoms with Crippen LogP contribution in [0.4, 0.5) is 0 Å². The van der Waals surface area contributed by atoms with Gasteiger partial charge in [-0.1, -0.05) is 38.1 Å². The normalized spacial score (nSPS) is 10.6. The van der Waals surface area contributed by atoms with Gasteiger partial charge in [0, 0.05) is 19.3 Å². The number of benzene rings is 3. The summed E-state index contributed by atoms with van der Waals surface area (Å²) in [5, 5.41) is 0. The summed E-state index contributed by atoms with van der Waals surface area (Å²) in [6.07, 6.45) is 4.36. The predicted octanol–water partition coefficient (Wildman–Crippen LogP) is 6.62. The van der Waals surface area contributed by atoms with E-state index < -0.39 is 11.9 Å². The summed E-state index contributed by atoms with van der Waals surface area (Å²) >= 11 is 0. The van der Waals surface area contributed by atoms with Gasteiger partial charge in [-0.3, -0.25) is 9.59 Å². The lowest BCUT2D eigenvalue weighted by molar-refractivity contribution is -0.143. The minimum Gasteiger partial charge on any atom is -0.466 e. The van der Waals surface area contributed by atoms with Crippen molar-refractivity contribution < 1.29 is 33.4 Å². The number of aryl methyl sites for hydroxylation is 2. The number of ketones is 1. The summed E-state index contributed by atoms with van der Waals surface area (Å²) in [5.74, 6) is -0.326. The number of rotatable bonds is 14. The fraction of sp³-hybridized carbons (Fsp3) is 0.333. The Morgan fingerprint density at radius 2 is 1.30 bits per heavy atom. The SMILES string of the molecule is CCCC(=O)Cc1ccc(C(=O)Oc2ccc(OC(=O)c3ccc(CCCOC(=O)CCC)cc3)cc2C)cc1. The molecule has 0 aliphatic rings. The number of carbonyl (C=O) groups is 4. The van der Waals surface area contributed by atoms with E-state index in [1.54, 1.807) is 61.5 Å². The second-order valence-corrected chi connectivity index (χ2v) is 9.64. The van der Waals surface area contributed by atoms with Gasteiger partial charge in [0.25, 0.3) is 0 Å².